The van der Waals surface area contributed by atoms with Gasteiger partial charge in [-0.3, -0.25) is 4.79 Å². The van der Waals surface area contributed by atoms with Crippen LogP contribution >= 0.6 is 12.4 Å². The lowest BCUT2D eigenvalue weighted by Crippen LogP contribution is -2.51. The van der Waals surface area contributed by atoms with Gasteiger partial charge in [0, 0.05) is 16.6 Å². The van der Waals surface area contributed by atoms with Crippen molar-refractivity contribution < 1.29 is 13.9 Å². The van der Waals surface area contributed by atoms with Crippen molar-refractivity contribution in [3.05, 3.63) is 35.3 Å². The van der Waals surface area contributed by atoms with Gasteiger partial charge >= 0.3 is 5.97 Å². The number of esters is 1. The van der Waals surface area contributed by atoms with E-state index in [0.29, 0.717) is 6.61 Å². The van der Waals surface area contributed by atoms with Crippen molar-refractivity contribution in [3.63, 3.8) is 0 Å². The summed E-state index contributed by atoms with van der Waals surface area (Å²) in [6.45, 7) is 3.04. The van der Waals surface area contributed by atoms with Crippen molar-refractivity contribution in [3.8, 4) is 0 Å². The second-order valence-electron chi connectivity index (χ2n) is 6.57. The number of rotatable bonds is 3. The Morgan fingerprint density at radius 2 is 2.21 bits per heavy atom. The number of benzene rings is 1. The number of aromatic amines is 1. The van der Waals surface area contributed by atoms with Crippen LogP contribution in [0.4, 0.5) is 4.39 Å². The highest BCUT2D eigenvalue weighted by Crippen LogP contribution is 2.53. The molecule has 1 aromatic carbocycles. The Bertz CT molecular complexity index is 770. The van der Waals surface area contributed by atoms with E-state index in [0.717, 1.165) is 54.4 Å². The van der Waals surface area contributed by atoms with Gasteiger partial charge in [0.15, 0.2) is 0 Å². The Morgan fingerprint density at radius 3 is 2.88 bits per heavy atom. The van der Waals surface area contributed by atoms with Crippen LogP contribution in [0.5, 0.6) is 0 Å². The van der Waals surface area contributed by atoms with Crippen molar-refractivity contribution in [2.24, 2.45) is 5.41 Å². The minimum atomic E-state index is -0.482. The van der Waals surface area contributed by atoms with E-state index in [1.165, 1.54) is 6.07 Å². The van der Waals surface area contributed by atoms with Gasteiger partial charge in [0.1, 0.15) is 5.82 Å². The zero-order valence-electron chi connectivity index (χ0n) is 13.7. The molecule has 1 atom stereocenters. The molecule has 2 aliphatic rings. The fraction of sp³-hybridized carbons (Fsp3) is 0.500. The van der Waals surface area contributed by atoms with E-state index in [9.17, 15) is 9.18 Å². The number of fused-ring (bicyclic) bond motifs is 3. The molecule has 6 heteroatoms. The summed E-state index contributed by atoms with van der Waals surface area (Å²) in [6.07, 6.45) is 3.56. The highest BCUT2D eigenvalue weighted by molar-refractivity contribution is 5.86. The zero-order valence-corrected chi connectivity index (χ0v) is 14.5. The summed E-state index contributed by atoms with van der Waals surface area (Å²) < 4.78 is 19.0. The largest absolute Gasteiger partial charge is 0.466 e. The van der Waals surface area contributed by atoms with Crippen molar-refractivity contribution in [1.82, 2.24) is 10.3 Å². The molecule has 130 valence electrons. The van der Waals surface area contributed by atoms with Gasteiger partial charge in [-0.1, -0.05) is 6.42 Å². The average Bonchev–Trinajstić information content (AvgIpc) is 2.85. The van der Waals surface area contributed by atoms with E-state index in [1.54, 1.807) is 12.1 Å². The lowest BCUT2D eigenvalue weighted by molar-refractivity contribution is -0.164. The van der Waals surface area contributed by atoms with Crippen molar-refractivity contribution in [1.29, 1.82) is 0 Å². The Kier molecular flexibility index (Phi) is 4.58. The third-order valence-electron chi connectivity index (χ3n) is 5.39. The minimum absolute atomic E-state index is 0. The molecule has 1 fully saturated rings. The maximum Gasteiger partial charge on any atom is 0.314 e. The lowest BCUT2D eigenvalue weighted by atomic mass is 9.62. The molecule has 1 aliphatic carbocycles. The van der Waals surface area contributed by atoms with E-state index >= 15 is 0 Å². The molecule has 1 aliphatic heterocycles. The second-order valence-corrected chi connectivity index (χ2v) is 6.57. The van der Waals surface area contributed by atoms with Crippen LogP contribution in [0, 0.1) is 11.2 Å². The van der Waals surface area contributed by atoms with Crippen LogP contribution in [-0.4, -0.2) is 24.1 Å². The standard InChI is InChI=1S/C18H21FN2O2.ClH/c1-2-23-17(22)18(7-3-8-18)16-15-12(6-9-20-16)13-10-11(19)4-5-14(13)21-15;/h4-5,10,16,20-21H,2-3,6-9H2,1H3;1H. The van der Waals surface area contributed by atoms with Crippen LogP contribution < -0.4 is 5.32 Å². The summed E-state index contributed by atoms with van der Waals surface area (Å²) in [5.41, 5.74) is 2.62. The van der Waals surface area contributed by atoms with Crippen LogP contribution in [0.3, 0.4) is 0 Å². The van der Waals surface area contributed by atoms with Crippen molar-refractivity contribution in [2.75, 3.05) is 13.2 Å². The SMILES string of the molecule is CCOC(=O)C1(C2NCCc3c2[nH]c2ccc(F)cc32)CCC1.Cl. The Balaban J connectivity index is 0.00000169. The zero-order chi connectivity index (χ0) is 16.0. The fourth-order valence-electron chi connectivity index (χ4n) is 4.11. The summed E-state index contributed by atoms with van der Waals surface area (Å²) in [6, 6.07) is 4.76. The Labute approximate surface area is 146 Å². The number of hydrogen-bond donors (Lipinski definition) is 2. The molecule has 0 radical (unpaired) electrons. The fourth-order valence-corrected chi connectivity index (χ4v) is 4.11. The van der Waals surface area contributed by atoms with E-state index in [2.05, 4.69) is 10.3 Å². The second kappa shape index (κ2) is 6.37. The van der Waals surface area contributed by atoms with E-state index in [-0.39, 0.29) is 30.2 Å². The lowest BCUT2D eigenvalue weighted by Gasteiger charge is -2.46. The topological polar surface area (TPSA) is 54.1 Å². The summed E-state index contributed by atoms with van der Waals surface area (Å²) in [5, 5.41) is 4.44. The Hall–Kier alpha value is -1.59. The molecule has 2 N–H and O–H groups in total. The maximum atomic E-state index is 13.6. The predicted molar refractivity (Wildman–Crippen MR) is 92.9 cm³/mol. The molecule has 1 aromatic heterocycles. The quantitative estimate of drug-likeness (QED) is 0.829. The first kappa shape index (κ1) is 17.2. The molecule has 0 saturated heterocycles. The highest BCUT2D eigenvalue weighted by Gasteiger charge is 2.53. The highest BCUT2D eigenvalue weighted by atomic mass is 35.5. The van der Waals surface area contributed by atoms with Gasteiger partial charge in [0.05, 0.1) is 18.1 Å². The van der Waals surface area contributed by atoms with Crippen molar-refractivity contribution in [2.45, 2.75) is 38.6 Å². The predicted octanol–water partition coefficient (Wildman–Crippen LogP) is 3.65. The number of hydrogen-bond acceptors (Lipinski definition) is 3. The first-order chi connectivity index (χ1) is 11.2. The normalized spacial score (nSPS) is 21.5. The summed E-state index contributed by atoms with van der Waals surface area (Å²) in [4.78, 5) is 16.0. The number of nitrogens with one attached hydrogen (secondary N) is 2. The molecule has 4 nitrogen and oxygen atoms in total. The number of ether oxygens (including phenoxy) is 1. The van der Waals surface area contributed by atoms with Crippen LogP contribution in [-0.2, 0) is 16.0 Å². The van der Waals surface area contributed by atoms with Gasteiger partial charge in [-0.15, -0.1) is 12.4 Å². The first-order valence-electron chi connectivity index (χ1n) is 8.36. The number of carbonyl (C=O) groups excluding carboxylic acids is 1. The molecular formula is C18H22ClFN2O2. The van der Waals surface area contributed by atoms with Gasteiger partial charge in [-0.2, -0.15) is 0 Å². The molecule has 24 heavy (non-hydrogen) atoms. The molecule has 4 rings (SSSR count). The monoisotopic (exact) mass is 352 g/mol. The van der Waals surface area contributed by atoms with Gasteiger partial charge in [-0.25, -0.2) is 4.39 Å². The number of H-pyrrole nitrogens is 1. The summed E-state index contributed by atoms with van der Waals surface area (Å²) in [5.74, 6) is -0.334. The van der Waals surface area contributed by atoms with Gasteiger partial charge in [0.25, 0.3) is 0 Å². The maximum absolute atomic E-state index is 13.6. The third-order valence-corrected chi connectivity index (χ3v) is 5.39. The van der Waals surface area contributed by atoms with Crippen LogP contribution in [0.15, 0.2) is 18.2 Å². The molecule has 2 aromatic rings. The summed E-state index contributed by atoms with van der Waals surface area (Å²) >= 11 is 0. The Morgan fingerprint density at radius 1 is 1.42 bits per heavy atom. The van der Waals surface area contributed by atoms with E-state index < -0.39 is 5.41 Å². The van der Waals surface area contributed by atoms with Crippen LogP contribution in [0.25, 0.3) is 10.9 Å². The van der Waals surface area contributed by atoms with E-state index in [4.69, 9.17) is 4.74 Å². The molecule has 1 unspecified atom stereocenters. The third kappa shape index (κ3) is 2.42. The number of carbonyl (C=O) groups is 1. The van der Waals surface area contributed by atoms with Crippen molar-refractivity contribution >= 4 is 29.3 Å². The van der Waals surface area contributed by atoms with Crippen LogP contribution in [0.2, 0.25) is 0 Å². The minimum Gasteiger partial charge on any atom is -0.466 e. The number of halogens is 2. The number of aromatic nitrogens is 1. The van der Waals surface area contributed by atoms with Crippen LogP contribution in [0.1, 0.15) is 43.5 Å². The smallest absolute Gasteiger partial charge is 0.314 e. The average molecular weight is 353 g/mol. The molecular weight excluding hydrogens is 331 g/mol. The van der Waals surface area contributed by atoms with Gasteiger partial charge < -0.3 is 15.0 Å². The van der Waals surface area contributed by atoms with Gasteiger partial charge in [0.2, 0.25) is 0 Å². The summed E-state index contributed by atoms with van der Waals surface area (Å²) in [7, 11) is 0. The van der Waals surface area contributed by atoms with E-state index in [1.807, 2.05) is 6.92 Å². The molecule has 0 spiro atoms. The van der Waals surface area contributed by atoms with Gasteiger partial charge in [-0.05, 0) is 56.5 Å². The first-order valence-corrected chi connectivity index (χ1v) is 8.36. The molecule has 0 amide bonds. The molecule has 0 bridgehead atoms. The molecule has 2 heterocycles. The molecule has 1 saturated carbocycles.